The maximum absolute atomic E-state index is 13.3. The van der Waals surface area contributed by atoms with Gasteiger partial charge in [0.1, 0.15) is 46.8 Å². The molecule has 11 heteroatoms. The predicted molar refractivity (Wildman–Crippen MR) is 311 cm³/mol. The van der Waals surface area contributed by atoms with Crippen molar-refractivity contribution in [1.82, 2.24) is 0 Å². The van der Waals surface area contributed by atoms with E-state index in [0.717, 1.165) is 22.3 Å². The lowest BCUT2D eigenvalue weighted by molar-refractivity contribution is -0.180. The van der Waals surface area contributed by atoms with Gasteiger partial charge in [-0.05, 0) is 72.2 Å². The first-order valence-corrected chi connectivity index (χ1v) is 28.0. The van der Waals surface area contributed by atoms with Crippen LogP contribution in [0.4, 0.5) is 0 Å². The summed E-state index contributed by atoms with van der Waals surface area (Å²) in [6.45, 7) is 9.62. The fourth-order valence-corrected chi connectivity index (χ4v) is 11.8. The topological polar surface area (TPSA) is 124 Å². The molecule has 2 N–H and O–H groups in total. The van der Waals surface area contributed by atoms with E-state index in [4.69, 9.17) is 42.6 Å². The summed E-state index contributed by atoms with van der Waals surface area (Å²) in [5.41, 5.74) is 0.153. The molecule has 0 aliphatic carbocycles. The Morgan fingerprint density at radius 1 is 0.284 bits per heavy atom. The molecule has 8 aromatic rings. The normalized spacial score (nSPS) is 19.1. The quantitative estimate of drug-likeness (QED) is 0.0504. The summed E-state index contributed by atoms with van der Waals surface area (Å²) in [6, 6.07) is 78.5. The maximum atomic E-state index is 13.3. The first-order chi connectivity index (χ1) is 39.4. The number of ether oxygens (including phenoxy) is 9. The molecule has 10 rings (SSSR count). The Kier molecular flexibility index (Phi) is 18.2. The molecular weight excluding hydrogens is 1020 g/mol. The van der Waals surface area contributed by atoms with Gasteiger partial charge in [-0.1, -0.05) is 243 Å². The molecule has 0 amide bonds. The van der Waals surface area contributed by atoms with E-state index in [1.165, 1.54) is 0 Å². The lowest BCUT2D eigenvalue weighted by Gasteiger charge is -2.45. The lowest BCUT2D eigenvalue weighted by atomic mass is 9.72. The van der Waals surface area contributed by atoms with E-state index in [2.05, 4.69) is 0 Å². The highest BCUT2D eigenvalue weighted by molar-refractivity contribution is 5.46. The zero-order chi connectivity index (χ0) is 56.2. The SMILES string of the molecule is CC1(C)O[C@H](C(O)(c2ccccc2)c2ccccc2)[C@@H](C(OCCOCCOCCOCCOC(c2ccccc2)(c2ccccc2)[C@H]2OC(C)(C)O[C@@H]2C(O)(c2ccccc2)c2ccccc2)(c2ccccc2)c2ccccc2)O1. The Morgan fingerprint density at radius 2 is 0.469 bits per heavy atom. The van der Waals surface area contributed by atoms with E-state index in [9.17, 15) is 10.2 Å². The first-order valence-electron chi connectivity index (χ1n) is 28.0. The van der Waals surface area contributed by atoms with Crippen LogP contribution in [0.5, 0.6) is 0 Å². The molecule has 8 aromatic carbocycles. The van der Waals surface area contributed by atoms with Gasteiger partial charge in [0.15, 0.2) is 11.6 Å². The van der Waals surface area contributed by atoms with Crippen LogP contribution >= 0.6 is 0 Å². The van der Waals surface area contributed by atoms with Crippen LogP contribution in [-0.4, -0.2) is 99.1 Å². The van der Waals surface area contributed by atoms with Crippen LogP contribution in [-0.2, 0) is 65.0 Å². The number of hydrogen-bond acceptors (Lipinski definition) is 11. The maximum Gasteiger partial charge on any atom is 0.164 e. The average molecular weight is 1090 g/mol. The third-order valence-corrected chi connectivity index (χ3v) is 15.3. The summed E-state index contributed by atoms with van der Waals surface area (Å²) in [5.74, 6) is -2.21. The molecule has 4 atom stereocenters. The molecule has 0 saturated carbocycles. The number of aliphatic hydroxyl groups is 2. The van der Waals surface area contributed by atoms with Gasteiger partial charge in [-0.25, -0.2) is 0 Å². The highest BCUT2D eigenvalue weighted by Crippen LogP contribution is 2.54. The van der Waals surface area contributed by atoms with E-state index in [0.29, 0.717) is 48.7 Å². The Balaban J connectivity index is 0.801. The van der Waals surface area contributed by atoms with Crippen molar-refractivity contribution in [1.29, 1.82) is 0 Å². The van der Waals surface area contributed by atoms with E-state index in [1.807, 2.05) is 270 Å². The van der Waals surface area contributed by atoms with Crippen LogP contribution in [0.2, 0.25) is 0 Å². The van der Waals surface area contributed by atoms with Crippen molar-refractivity contribution in [3.8, 4) is 0 Å². The van der Waals surface area contributed by atoms with Gasteiger partial charge in [-0.2, -0.15) is 0 Å². The van der Waals surface area contributed by atoms with E-state index in [1.54, 1.807) is 0 Å². The van der Waals surface area contributed by atoms with E-state index < -0.39 is 58.4 Å². The van der Waals surface area contributed by atoms with Crippen molar-refractivity contribution < 1.29 is 52.8 Å². The summed E-state index contributed by atoms with van der Waals surface area (Å²) in [5, 5.41) is 26.7. The van der Waals surface area contributed by atoms with Gasteiger partial charge < -0.3 is 52.8 Å². The second-order valence-corrected chi connectivity index (χ2v) is 21.4. The summed E-state index contributed by atoms with van der Waals surface area (Å²) in [4.78, 5) is 0. The molecule has 2 aliphatic rings. The van der Waals surface area contributed by atoms with Crippen molar-refractivity contribution in [3.05, 3.63) is 287 Å². The minimum atomic E-state index is -1.65. The van der Waals surface area contributed by atoms with E-state index in [-0.39, 0.29) is 26.4 Å². The molecule has 81 heavy (non-hydrogen) atoms. The van der Waals surface area contributed by atoms with E-state index >= 15 is 0 Å². The second-order valence-electron chi connectivity index (χ2n) is 21.4. The third kappa shape index (κ3) is 12.1. The Labute approximate surface area is 476 Å². The first kappa shape index (κ1) is 57.6. The summed E-state index contributed by atoms with van der Waals surface area (Å²) >= 11 is 0. The monoisotopic (exact) mass is 1090 g/mol. The molecule has 420 valence electrons. The smallest absolute Gasteiger partial charge is 0.164 e. The number of hydrogen-bond donors (Lipinski definition) is 2. The van der Waals surface area contributed by atoms with Crippen LogP contribution in [0.3, 0.4) is 0 Å². The van der Waals surface area contributed by atoms with Gasteiger partial charge in [0.05, 0.1) is 52.9 Å². The van der Waals surface area contributed by atoms with Crippen LogP contribution in [0, 0.1) is 0 Å². The van der Waals surface area contributed by atoms with Crippen LogP contribution in [0.25, 0.3) is 0 Å². The van der Waals surface area contributed by atoms with Gasteiger partial charge in [-0.15, -0.1) is 0 Å². The van der Waals surface area contributed by atoms with Crippen molar-refractivity contribution in [2.45, 2.75) is 86.1 Å². The molecule has 2 fully saturated rings. The Bertz CT molecular complexity index is 2760. The van der Waals surface area contributed by atoms with Gasteiger partial charge >= 0.3 is 0 Å². The fraction of sp³-hybridized carbons (Fsp3) is 0.314. The molecular formula is C70H74O11. The molecule has 2 saturated heterocycles. The standard InChI is InChI=1S/C70H74O11/c1-65(2)78-61(67(71,53-29-13-5-14-30-53)54-31-15-6-16-32-54)63(80-65)69(57-37-21-9-22-38-57,58-39-23-10-24-40-58)76-51-49-74-47-45-73-46-48-75-50-52-77-70(59-41-25-11-26-42-59,60-43-27-12-28-44-60)64-62(79-66(3,4)81-64)68(72,55-33-17-7-18-34-55)56-35-19-8-20-36-56/h5-44,61-64,71-72H,45-52H2,1-4H3/t61-,62-,63-,64-/m0/s1. The minimum absolute atomic E-state index is 0.177. The number of benzene rings is 8. The summed E-state index contributed by atoms with van der Waals surface area (Å²) in [7, 11) is 0. The highest BCUT2D eigenvalue weighted by Gasteiger charge is 2.64. The molecule has 11 nitrogen and oxygen atoms in total. The molecule has 2 heterocycles. The zero-order valence-corrected chi connectivity index (χ0v) is 46.6. The predicted octanol–water partition coefficient (Wildman–Crippen LogP) is 11.9. The molecule has 0 aromatic heterocycles. The van der Waals surface area contributed by atoms with Gasteiger partial charge in [0.2, 0.25) is 0 Å². The average Bonchev–Trinajstić information content (AvgIpc) is 4.26. The zero-order valence-electron chi connectivity index (χ0n) is 46.6. The van der Waals surface area contributed by atoms with Crippen LogP contribution in [0.15, 0.2) is 243 Å². The van der Waals surface area contributed by atoms with Gasteiger partial charge in [-0.3, -0.25) is 0 Å². The number of rotatable bonds is 26. The third-order valence-electron chi connectivity index (χ3n) is 15.3. The highest BCUT2D eigenvalue weighted by atomic mass is 16.8. The lowest BCUT2D eigenvalue weighted by Crippen LogP contribution is -2.56. The van der Waals surface area contributed by atoms with Gasteiger partial charge in [0, 0.05) is 0 Å². The van der Waals surface area contributed by atoms with Gasteiger partial charge in [0.25, 0.3) is 0 Å². The van der Waals surface area contributed by atoms with Crippen molar-refractivity contribution in [3.63, 3.8) is 0 Å². The Hall–Kier alpha value is -6.68. The summed E-state index contributed by atoms with van der Waals surface area (Å²) in [6.07, 6.45) is -3.62. The van der Waals surface area contributed by atoms with Crippen molar-refractivity contribution in [2.24, 2.45) is 0 Å². The van der Waals surface area contributed by atoms with Crippen LogP contribution < -0.4 is 0 Å². The molecule has 0 spiro atoms. The van der Waals surface area contributed by atoms with Crippen LogP contribution in [0.1, 0.15) is 72.2 Å². The summed E-state index contributed by atoms with van der Waals surface area (Å²) < 4.78 is 60.6. The second kappa shape index (κ2) is 25.6. The largest absolute Gasteiger partial charge is 0.378 e. The van der Waals surface area contributed by atoms with Crippen molar-refractivity contribution in [2.75, 3.05) is 52.9 Å². The fourth-order valence-electron chi connectivity index (χ4n) is 11.8. The molecule has 0 unspecified atom stereocenters. The molecule has 0 radical (unpaired) electrons. The Morgan fingerprint density at radius 3 is 0.691 bits per heavy atom. The van der Waals surface area contributed by atoms with Crippen molar-refractivity contribution >= 4 is 0 Å². The minimum Gasteiger partial charge on any atom is -0.378 e. The molecule has 2 aliphatic heterocycles. The molecule has 0 bridgehead atoms.